The number of aryl methyl sites for hydroxylation is 2. The van der Waals surface area contributed by atoms with E-state index in [4.69, 9.17) is 5.26 Å². The number of benzene rings is 1. The highest BCUT2D eigenvalue weighted by Crippen LogP contribution is 2.19. The molecule has 0 fully saturated rings. The Balaban J connectivity index is 1.83. The van der Waals surface area contributed by atoms with Gasteiger partial charge in [-0.1, -0.05) is 12.1 Å². The smallest absolute Gasteiger partial charge is 0.0758 e. The largest absolute Gasteiger partial charge is 0.317 e. The third-order valence-electron chi connectivity index (χ3n) is 3.79. The van der Waals surface area contributed by atoms with Gasteiger partial charge in [0.05, 0.1) is 23.7 Å². The van der Waals surface area contributed by atoms with E-state index < -0.39 is 0 Å². The first kappa shape index (κ1) is 14.7. The van der Waals surface area contributed by atoms with Crippen molar-refractivity contribution in [2.75, 3.05) is 6.26 Å². The number of nitrogens with zero attached hydrogens (tertiary/aromatic N) is 3. The van der Waals surface area contributed by atoms with E-state index in [0.717, 1.165) is 29.7 Å². The van der Waals surface area contributed by atoms with Crippen molar-refractivity contribution in [3.05, 3.63) is 65.7 Å². The number of nitriles is 1. The number of thioether (sulfide) groups is 1. The van der Waals surface area contributed by atoms with Crippen molar-refractivity contribution < 1.29 is 0 Å². The Hall–Kier alpha value is -2.25. The third kappa shape index (κ3) is 3.00. The maximum absolute atomic E-state index is 8.89. The maximum Gasteiger partial charge on any atom is 0.0758 e. The first-order valence-corrected chi connectivity index (χ1v) is 8.48. The van der Waals surface area contributed by atoms with Crippen molar-refractivity contribution in [2.45, 2.75) is 24.2 Å². The minimum absolute atomic E-state index is 0.424. The summed E-state index contributed by atoms with van der Waals surface area (Å²) < 4.78 is 2.07. The fraction of sp³-hybridized carbons (Fsp3) is 0.222. The summed E-state index contributed by atoms with van der Waals surface area (Å²) >= 11 is 1.77. The molecule has 3 rings (SSSR count). The van der Waals surface area contributed by atoms with Gasteiger partial charge in [-0.2, -0.15) is 5.26 Å². The molecule has 0 amide bonds. The normalized spacial score (nSPS) is 10.7. The fourth-order valence-corrected chi connectivity index (χ4v) is 3.15. The van der Waals surface area contributed by atoms with Gasteiger partial charge in [0, 0.05) is 23.0 Å². The molecular formula is C18H17N3S. The Kier molecular flexibility index (Phi) is 4.45. The number of aromatic nitrogens is 2. The average Bonchev–Trinajstić information content (AvgIpc) is 2.97. The van der Waals surface area contributed by atoms with Gasteiger partial charge in [-0.3, -0.25) is 4.98 Å². The van der Waals surface area contributed by atoms with Gasteiger partial charge in [-0.15, -0.1) is 11.8 Å². The molecule has 0 atom stereocenters. The molecule has 2 aromatic heterocycles. The summed E-state index contributed by atoms with van der Waals surface area (Å²) in [6.45, 7) is 0. The zero-order chi connectivity index (χ0) is 15.4. The molecule has 0 aliphatic heterocycles. The summed E-state index contributed by atoms with van der Waals surface area (Å²) in [7, 11) is 0. The molecule has 22 heavy (non-hydrogen) atoms. The second-order valence-electron chi connectivity index (χ2n) is 5.14. The number of hydrogen-bond acceptors (Lipinski definition) is 3. The Morgan fingerprint density at radius 3 is 2.95 bits per heavy atom. The van der Waals surface area contributed by atoms with Crippen LogP contribution in [0.25, 0.3) is 5.52 Å². The van der Waals surface area contributed by atoms with Gasteiger partial charge in [0.15, 0.2) is 0 Å². The van der Waals surface area contributed by atoms with E-state index in [0.29, 0.717) is 6.42 Å². The number of rotatable bonds is 5. The lowest BCUT2D eigenvalue weighted by Gasteiger charge is -2.06. The number of fused-ring (bicyclic) bond motifs is 1. The fourth-order valence-electron chi connectivity index (χ4n) is 2.67. The van der Waals surface area contributed by atoms with Crippen LogP contribution in [-0.2, 0) is 19.3 Å². The van der Waals surface area contributed by atoms with Crippen LogP contribution >= 0.6 is 11.8 Å². The molecule has 0 saturated heterocycles. The Morgan fingerprint density at radius 1 is 1.23 bits per heavy atom. The third-order valence-corrected chi connectivity index (χ3v) is 4.51. The molecular weight excluding hydrogens is 290 g/mol. The van der Waals surface area contributed by atoms with E-state index in [9.17, 15) is 0 Å². The van der Waals surface area contributed by atoms with Crippen LogP contribution in [0.2, 0.25) is 0 Å². The first-order valence-electron chi connectivity index (χ1n) is 7.25. The molecule has 3 aromatic rings. The molecule has 0 radical (unpaired) electrons. The molecule has 0 bridgehead atoms. The van der Waals surface area contributed by atoms with Crippen molar-refractivity contribution >= 4 is 17.3 Å². The lowest BCUT2D eigenvalue weighted by molar-refractivity contribution is 0.897. The molecule has 0 spiro atoms. The van der Waals surface area contributed by atoms with Crippen LogP contribution in [0.3, 0.4) is 0 Å². The van der Waals surface area contributed by atoms with Crippen molar-refractivity contribution in [2.24, 2.45) is 0 Å². The van der Waals surface area contributed by atoms with Gasteiger partial charge in [-0.25, -0.2) is 0 Å². The molecule has 2 heterocycles. The lowest BCUT2D eigenvalue weighted by atomic mass is 10.1. The average molecular weight is 307 g/mol. The van der Waals surface area contributed by atoms with E-state index in [1.165, 1.54) is 10.5 Å². The summed E-state index contributed by atoms with van der Waals surface area (Å²) in [6, 6.07) is 14.9. The standard InChI is InChI=1S/C18H17N3S/c1-22-16-4-2-3-14(13-16)5-7-17-18-8-6-15(9-10-19)21(18)12-11-20-17/h2-4,6,8,11-13H,5,7,9H2,1H3. The quantitative estimate of drug-likeness (QED) is 0.671. The van der Waals surface area contributed by atoms with Crippen LogP contribution in [0.4, 0.5) is 0 Å². The second kappa shape index (κ2) is 6.67. The van der Waals surface area contributed by atoms with Gasteiger partial charge in [0.25, 0.3) is 0 Å². The van der Waals surface area contributed by atoms with E-state index in [2.05, 4.69) is 52.0 Å². The summed E-state index contributed by atoms with van der Waals surface area (Å²) in [5.41, 5.74) is 4.54. The first-order chi connectivity index (χ1) is 10.8. The Morgan fingerprint density at radius 2 is 2.14 bits per heavy atom. The molecule has 3 nitrogen and oxygen atoms in total. The highest BCUT2D eigenvalue weighted by Gasteiger charge is 2.07. The van der Waals surface area contributed by atoms with E-state index >= 15 is 0 Å². The number of hydrogen-bond donors (Lipinski definition) is 0. The Labute approximate surface area is 134 Å². The molecule has 0 unspecified atom stereocenters. The van der Waals surface area contributed by atoms with Crippen molar-refractivity contribution in [1.82, 2.24) is 9.38 Å². The molecule has 1 aromatic carbocycles. The van der Waals surface area contributed by atoms with Gasteiger partial charge < -0.3 is 4.40 Å². The maximum atomic E-state index is 8.89. The van der Waals surface area contributed by atoms with Gasteiger partial charge >= 0.3 is 0 Å². The van der Waals surface area contributed by atoms with Crippen LogP contribution in [0.15, 0.2) is 53.7 Å². The van der Waals surface area contributed by atoms with Crippen LogP contribution in [-0.4, -0.2) is 15.6 Å². The monoisotopic (exact) mass is 307 g/mol. The van der Waals surface area contributed by atoms with E-state index in [1.807, 2.05) is 18.5 Å². The summed E-state index contributed by atoms with van der Waals surface area (Å²) in [5, 5.41) is 8.89. The minimum atomic E-state index is 0.424. The van der Waals surface area contributed by atoms with Crippen LogP contribution < -0.4 is 0 Å². The SMILES string of the molecule is CSc1cccc(CCc2nccn3c(CC#N)ccc23)c1. The molecule has 0 saturated carbocycles. The highest BCUT2D eigenvalue weighted by atomic mass is 32.2. The molecule has 110 valence electrons. The second-order valence-corrected chi connectivity index (χ2v) is 6.02. The van der Waals surface area contributed by atoms with E-state index in [1.54, 1.807) is 11.8 Å². The highest BCUT2D eigenvalue weighted by molar-refractivity contribution is 7.98. The van der Waals surface area contributed by atoms with Gasteiger partial charge in [0.2, 0.25) is 0 Å². The Bertz CT molecular complexity index is 830. The van der Waals surface area contributed by atoms with Gasteiger partial charge in [0.1, 0.15) is 0 Å². The molecule has 4 heteroatoms. The van der Waals surface area contributed by atoms with Crippen LogP contribution in [0, 0.1) is 11.3 Å². The zero-order valence-corrected chi connectivity index (χ0v) is 13.3. The van der Waals surface area contributed by atoms with Gasteiger partial charge in [-0.05, 0) is 48.9 Å². The van der Waals surface area contributed by atoms with Crippen molar-refractivity contribution in [3.8, 4) is 6.07 Å². The summed E-state index contributed by atoms with van der Waals surface area (Å²) in [6.07, 6.45) is 8.14. The topological polar surface area (TPSA) is 41.1 Å². The lowest BCUT2D eigenvalue weighted by Crippen LogP contribution is -2.00. The van der Waals surface area contributed by atoms with E-state index in [-0.39, 0.29) is 0 Å². The predicted molar refractivity (Wildman–Crippen MR) is 90.1 cm³/mol. The zero-order valence-electron chi connectivity index (χ0n) is 12.5. The van der Waals surface area contributed by atoms with Crippen molar-refractivity contribution in [1.29, 1.82) is 5.26 Å². The summed E-state index contributed by atoms with van der Waals surface area (Å²) in [5.74, 6) is 0. The van der Waals surface area contributed by atoms with Crippen LogP contribution in [0.5, 0.6) is 0 Å². The molecule has 0 aliphatic carbocycles. The predicted octanol–water partition coefficient (Wildman–Crippen LogP) is 3.91. The van der Waals surface area contributed by atoms with Crippen molar-refractivity contribution in [3.63, 3.8) is 0 Å². The molecule has 0 aliphatic rings. The van der Waals surface area contributed by atoms with Crippen LogP contribution in [0.1, 0.15) is 17.0 Å². The minimum Gasteiger partial charge on any atom is -0.317 e. The summed E-state index contributed by atoms with van der Waals surface area (Å²) in [4.78, 5) is 5.82. The molecule has 0 N–H and O–H groups in total.